The van der Waals surface area contributed by atoms with E-state index in [1.807, 2.05) is 31.2 Å². The van der Waals surface area contributed by atoms with Crippen molar-refractivity contribution in [1.29, 1.82) is 5.26 Å². The lowest BCUT2D eigenvalue weighted by Crippen LogP contribution is -2.18. The van der Waals surface area contributed by atoms with Gasteiger partial charge in [0.2, 0.25) is 0 Å². The Morgan fingerprint density at radius 1 is 1.53 bits per heavy atom. The van der Waals surface area contributed by atoms with Crippen LogP contribution >= 0.6 is 7.52 Å². The summed E-state index contributed by atoms with van der Waals surface area (Å²) in [5, 5.41) is 22.9. The summed E-state index contributed by atoms with van der Waals surface area (Å²) in [7, 11) is -3.62. The lowest BCUT2D eigenvalue weighted by molar-refractivity contribution is 0.313. The summed E-state index contributed by atoms with van der Waals surface area (Å²) in [6.07, 6.45) is 0. The molecule has 0 aliphatic rings. The fraction of sp³-hybridized carbons (Fsp3) is 0.333. The van der Waals surface area contributed by atoms with Crippen molar-refractivity contribution in [3.63, 3.8) is 0 Å². The van der Waals surface area contributed by atoms with Gasteiger partial charge in [0.1, 0.15) is 6.07 Å². The first-order valence-electron chi connectivity index (χ1n) is 5.73. The molecule has 1 aromatic carbocycles. The van der Waals surface area contributed by atoms with Crippen LogP contribution in [0.2, 0.25) is 0 Å². The van der Waals surface area contributed by atoms with E-state index in [-0.39, 0.29) is 13.2 Å². The summed E-state index contributed by atoms with van der Waals surface area (Å²) in [6.45, 7) is 4.00. The second-order valence-electron chi connectivity index (χ2n) is 3.83. The van der Waals surface area contributed by atoms with Crippen LogP contribution in [0.15, 0.2) is 29.4 Å². The van der Waals surface area contributed by atoms with E-state index in [1.54, 1.807) is 13.0 Å². The summed E-state index contributed by atoms with van der Waals surface area (Å²) >= 11 is 0. The molecule has 0 aliphatic heterocycles. The van der Waals surface area contributed by atoms with Crippen molar-refractivity contribution in [2.45, 2.75) is 20.4 Å². The molecule has 2 N–H and O–H groups in total. The van der Waals surface area contributed by atoms with Gasteiger partial charge in [-0.05, 0) is 19.4 Å². The van der Waals surface area contributed by atoms with Gasteiger partial charge in [0.05, 0.1) is 6.61 Å². The van der Waals surface area contributed by atoms with Gasteiger partial charge in [0, 0.05) is 6.54 Å². The average molecular weight is 281 g/mol. The van der Waals surface area contributed by atoms with Gasteiger partial charge in [-0.15, -0.1) is 0 Å². The van der Waals surface area contributed by atoms with Crippen molar-refractivity contribution in [3.8, 4) is 6.07 Å². The molecule has 1 aromatic rings. The molecule has 0 radical (unpaired) electrons. The lowest BCUT2D eigenvalue weighted by Gasteiger charge is -2.16. The molecule has 7 heteroatoms. The highest BCUT2D eigenvalue weighted by Gasteiger charge is 2.30. The van der Waals surface area contributed by atoms with Gasteiger partial charge in [-0.3, -0.25) is 4.57 Å². The predicted molar refractivity (Wildman–Crippen MR) is 72.1 cm³/mol. The highest BCUT2D eigenvalue weighted by Crippen LogP contribution is 2.44. The minimum atomic E-state index is -3.62. The largest absolute Gasteiger partial charge is 0.410 e. The van der Waals surface area contributed by atoms with Gasteiger partial charge in [0.25, 0.3) is 5.45 Å². The minimum absolute atomic E-state index is 0.138. The first kappa shape index (κ1) is 15.4. The molecule has 0 saturated heterocycles. The number of aryl methyl sites for hydroxylation is 1. The van der Waals surface area contributed by atoms with E-state index < -0.39 is 13.0 Å². The molecule has 0 amide bonds. The standard InChI is InChI=1S/C12H16N3O3P/c1-3-18-19(17,12(8-13)15-16)14-9-11-6-4-10(2)5-7-11/h4-7,16H,3,9H2,1-2H3,(H,14,17)/b15-12+/t19-/m0/s1. The van der Waals surface area contributed by atoms with Gasteiger partial charge >= 0.3 is 7.52 Å². The number of nitrogens with one attached hydrogen (secondary N) is 1. The molecule has 0 saturated carbocycles. The van der Waals surface area contributed by atoms with Crippen molar-refractivity contribution in [3.05, 3.63) is 35.4 Å². The molecule has 19 heavy (non-hydrogen) atoms. The summed E-state index contributed by atoms with van der Waals surface area (Å²) in [6, 6.07) is 9.17. The van der Waals surface area contributed by atoms with Crippen LogP contribution in [0.3, 0.4) is 0 Å². The zero-order valence-electron chi connectivity index (χ0n) is 10.8. The van der Waals surface area contributed by atoms with Crippen LogP contribution in [-0.4, -0.2) is 17.3 Å². The molecule has 102 valence electrons. The predicted octanol–water partition coefficient (Wildman–Crippen LogP) is 2.63. The van der Waals surface area contributed by atoms with Crippen LogP contribution < -0.4 is 5.09 Å². The van der Waals surface area contributed by atoms with Gasteiger partial charge < -0.3 is 9.73 Å². The van der Waals surface area contributed by atoms with E-state index in [0.717, 1.165) is 11.1 Å². The molecular formula is C12H16N3O3P. The molecule has 0 bridgehead atoms. The quantitative estimate of drug-likeness (QED) is 0.362. The Hall–Kier alpha value is -1.67. The molecule has 0 aliphatic carbocycles. The van der Waals surface area contributed by atoms with E-state index >= 15 is 0 Å². The van der Waals surface area contributed by atoms with Crippen molar-refractivity contribution in [2.24, 2.45) is 5.16 Å². The van der Waals surface area contributed by atoms with Crippen LogP contribution in [0.25, 0.3) is 0 Å². The summed E-state index contributed by atoms with van der Waals surface area (Å²) < 4.78 is 17.4. The Bertz CT molecular complexity index is 534. The Balaban J connectivity index is 2.83. The normalized spacial score (nSPS) is 14.7. The minimum Gasteiger partial charge on any atom is -0.410 e. The smallest absolute Gasteiger partial charge is 0.332 e. The monoisotopic (exact) mass is 281 g/mol. The molecule has 0 heterocycles. The first-order chi connectivity index (χ1) is 9.05. The third-order valence-electron chi connectivity index (χ3n) is 2.40. The summed E-state index contributed by atoms with van der Waals surface area (Å²) in [5.74, 6) is 0. The number of rotatable bonds is 6. The van der Waals surface area contributed by atoms with Gasteiger partial charge in [-0.2, -0.15) is 5.26 Å². The second kappa shape index (κ2) is 7.05. The average Bonchev–Trinajstić information content (AvgIpc) is 2.40. The van der Waals surface area contributed by atoms with Crippen LogP contribution in [-0.2, 0) is 15.6 Å². The molecule has 1 atom stereocenters. The summed E-state index contributed by atoms with van der Waals surface area (Å²) in [4.78, 5) is 0. The maximum Gasteiger partial charge on any atom is 0.332 e. The fourth-order valence-electron chi connectivity index (χ4n) is 1.41. The van der Waals surface area contributed by atoms with Crippen LogP contribution in [0.5, 0.6) is 0 Å². The number of oxime groups is 1. The number of benzene rings is 1. The third-order valence-corrected chi connectivity index (χ3v) is 4.34. The first-order valence-corrected chi connectivity index (χ1v) is 7.36. The molecule has 0 aromatic heterocycles. The Morgan fingerprint density at radius 3 is 2.63 bits per heavy atom. The molecular weight excluding hydrogens is 265 g/mol. The Morgan fingerprint density at radius 2 is 2.16 bits per heavy atom. The highest BCUT2D eigenvalue weighted by atomic mass is 31.2. The Labute approximate surface area is 112 Å². The number of nitrogens with zero attached hydrogens (tertiary/aromatic N) is 2. The fourth-order valence-corrected chi connectivity index (χ4v) is 2.78. The zero-order valence-corrected chi connectivity index (χ0v) is 11.7. The van der Waals surface area contributed by atoms with Gasteiger partial charge in [-0.1, -0.05) is 35.0 Å². The molecule has 6 nitrogen and oxygen atoms in total. The van der Waals surface area contributed by atoms with Gasteiger partial charge in [0.15, 0.2) is 0 Å². The lowest BCUT2D eigenvalue weighted by atomic mass is 10.2. The molecule has 0 unspecified atom stereocenters. The van der Waals surface area contributed by atoms with Crippen molar-refractivity contribution >= 4 is 13.0 Å². The SMILES string of the molecule is CCO[P@](=O)(NCc1ccc(C)cc1)/C(C#N)=N/O. The molecule has 0 spiro atoms. The van der Waals surface area contributed by atoms with Crippen LogP contribution in [0.4, 0.5) is 0 Å². The van der Waals surface area contributed by atoms with Crippen molar-refractivity contribution in [1.82, 2.24) is 5.09 Å². The van der Waals surface area contributed by atoms with E-state index in [9.17, 15) is 4.57 Å². The molecule has 0 fully saturated rings. The van der Waals surface area contributed by atoms with Crippen LogP contribution in [0, 0.1) is 18.3 Å². The molecule has 1 rings (SSSR count). The van der Waals surface area contributed by atoms with E-state index in [4.69, 9.17) is 15.0 Å². The van der Waals surface area contributed by atoms with Gasteiger partial charge in [-0.25, -0.2) is 5.09 Å². The number of hydrogen-bond acceptors (Lipinski definition) is 5. The zero-order chi connectivity index (χ0) is 14.3. The number of hydrogen-bond donors (Lipinski definition) is 2. The van der Waals surface area contributed by atoms with E-state index in [2.05, 4.69) is 10.2 Å². The maximum absolute atomic E-state index is 12.4. The van der Waals surface area contributed by atoms with Crippen LogP contribution in [0.1, 0.15) is 18.1 Å². The van der Waals surface area contributed by atoms with E-state index in [1.165, 1.54) is 0 Å². The second-order valence-corrected chi connectivity index (χ2v) is 5.93. The van der Waals surface area contributed by atoms with Crippen molar-refractivity contribution in [2.75, 3.05) is 6.61 Å². The third kappa shape index (κ3) is 4.18. The Kier molecular flexibility index (Phi) is 5.71. The number of nitriles is 1. The van der Waals surface area contributed by atoms with E-state index in [0.29, 0.717) is 0 Å². The highest BCUT2D eigenvalue weighted by molar-refractivity contribution is 7.75. The summed E-state index contributed by atoms with van der Waals surface area (Å²) in [5.41, 5.74) is 1.47. The van der Waals surface area contributed by atoms with Crippen molar-refractivity contribution < 1.29 is 14.3 Å². The maximum atomic E-state index is 12.4. The topological polar surface area (TPSA) is 94.7 Å².